The molecule has 0 bridgehead atoms. The zero-order valence-corrected chi connectivity index (χ0v) is 7.69. The lowest BCUT2D eigenvalue weighted by Crippen LogP contribution is -1.85. The molecule has 0 radical (unpaired) electrons. The van der Waals surface area contributed by atoms with Crippen LogP contribution in [0.4, 0.5) is 10.1 Å². The molecule has 0 spiro atoms. The van der Waals surface area contributed by atoms with Crippen molar-refractivity contribution in [2.45, 2.75) is 0 Å². The summed E-state index contributed by atoms with van der Waals surface area (Å²) in [6, 6.07) is 0. The first-order valence-electron chi connectivity index (χ1n) is 3.51. The van der Waals surface area contributed by atoms with E-state index < -0.39 is 0 Å². The molecule has 1 aromatic heterocycles. The average molecular weight is 181 g/mol. The molecule has 64 valence electrons. The second kappa shape index (κ2) is 3.92. The summed E-state index contributed by atoms with van der Waals surface area (Å²) >= 11 is 1.43. The Bertz CT molecular complexity index is 301. The molecule has 3 nitrogen and oxygen atoms in total. The Morgan fingerprint density at radius 2 is 2.42 bits per heavy atom. The predicted molar refractivity (Wildman–Crippen MR) is 55.3 cm³/mol. The molecule has 0 atom stereocenters. The number of nitrogens with two attached hydrogens (primary N) is 1. The summed E-state index contributed by atoms with van der Waals surface area (Å²) in [4.78, 5) is 4.21. The number of nitrogens with zero attached hydrogens (tertiary/aromatic N) is 1. The maximum Gasteiger partial charge on any atom is 0.184 e. The van der Waals surface area contributed by atoms with Crippen LogP contribution < -0.4 is 11.1 Å². The third-order valence-corrected chi connectivity index (χ3v) is 2.20. The van der Waals surface area contributed by atoms with Crippen LogP contribution >= 0.6 is 11.3 Å². The topological polar surface area (TPSA) is 50.9 Å². The van der Waals surface area contributed by atoms with Crippen molar-refractivity contribution in [1.82, 2.24) is 4.98 Å². The Hall–Kier alpha value is -1.29. The molecule has 1 rings (SSSR count). The van der Waals surface area contributed by atoms with E-state index in [9.17, 15) is 0 Å². The number of aromatic nitrogens is 1. The second-order valence-electron chi connectivity index (χ2n) is 2.11. The fourth-order valence-corrected chi connectivity index (χ4v) is 1.40. The summed E-state index contributed by atoms with van der Waals surface area (Å²) in [5.41, 5.74) is 6.48. The van der Waals surface area contributed by atoms with Crippen molar-refractivity contribution in [3.8, 4) is 0 Å². The third-order valence-electron chi connectivity index (χ3n) is 1.29. The van der Waals surface area contributed by atoms with E-state index in [1.807, 2.05) is 19.2 Å². The monoisotopic (exact) mass is 181 g/mol. The fourth-order valence-electron chi connectivity index (χ4n) is 0.729. The first kappa shape index (κ1) is 8.80. The molecule has 0 saturated carbocycles. The molecule has 0 saturated heterocycles. The summed E-state index contributed by atoms with van der Waals surface area (Å²) in [7, 11) is 1.82. The number of hydrogen-bond acceptors (Lipinski definition) is 4. The van der Waals surface area contributed by atoms with E-state index in [4.69, 9.17) is 5.73 Å². The van der Waals surface area contributed by atoms with Crippen LogP contribution in [0.25, 0.3) is 6.08 Å². The molecule has 0 fully saturated rings. The third kappa shape index (κ3) is 1.85. The number of thiazole rings is 1. The van der Waals surface area contributed by atoms with Crippen molar-refractivity contribution in [1.29, 1.82) is 0 Å². The number of allylic oxidation sites excluding steroid dienone is 2. The number of nitrogens with one attached hydrogen (secondary N) is 1. The average Bonchev–Trinajstić information content (AvgIpc) is 2.43. The normalized spacial score (nSPS) is 10.4. The Labute approximate surface area is 75.6 Å². The van der Waals surface area contributed by atoms with Crippen LogP contribution in [0, 0.1) is 0 Å². The second-order valence-corrected chi connectivity index (χ2v) is 3.14. The summed E-state index contributed by atoms with van der Waals surface area (Å²) in [5.74, 6) is 0. The fraction of sp³-hybridized carbons (Fsp3) is 0.125. The molecule has 0 amide bonds. The van der Waals surface area contributed by atoms with Gasteiger partial charge >= 0.3 is 0 Å². The van der Waals surface area contributed by atoms with E-state index in [0.717, 1.165) is 15.8 Å². The van der Waals surface area contributed by atoms with Crippen molar-refractivity contribution < 1.29 is 0 Å². The van der Waals surface area contributed by atoms with Gasteiger partial charge in [-0.25, -0.2) is 4.98 Å². The molecular formula is C8H11N3S. The minimum Gasteiger partial charge on any atom is -0.389 e. The van der Waals surface area contributed by atoms with E-state index in [0.29, 0.717) is 0 Å². The van der Waals surface area contributed by atoms with E-state index in [-0.39, 0.29) is 0 Å². The molecule has 0 aliphatic heterocycles. The molecule has 3 N–H and O–H groups in total. The van der Waals surface area contributed by atoms with E-state index in [2.05, 4.69) is 16.9 Å². The van der Waals surface area contributed by atoms with Crippen molar-refractivity contribution >= 4 is 27.5 Å². The maximum atomic E-state index is 5.69. The first-order valence-corrected chi connectivity index (χ1v) is 4.32. The molecule has 4 heteroatoms. The zero-order valence-electron chi connectivity index (χ0n) is 6.87. The van der Waals surface area contributed by atoms with Crippen LogP contribution in [0.5, 0.6) is 0 Å². The van der Waals surface area contributed by atoms with Crippen LogP contribution in [0.2, 0.25) is 0 Å². The van der Waals surface area contributed by atoms with Gasteiger partial charge in [-0.15, -0.1) is 0 Å². The van der Waals surface area contributed by atoms with Gasteiger partial charge in [0.15, 0.2) is 5.13 Å². The molecule has 0 aliphatic rings. The van der Waals surface area contributed by atoms with Gasteiger partial charge in [-0.3, -0.25) is 0 Å². The van der Waals surface area contributed by atoms with Crippen LogP contribution in [-0.4, -0.2) is 12.0 Å². The molecule has 0 unspecified atom stereocenters. The van der Waals surface area contributed by atoms with Crippen molar-refractivity contribution in [2.75, 3.05) is 18.1 Å². The summed E-state index contributed by atoms with van der Waals surface area (Å²) in [6.45, 7) is 3.56. The standard InChI is InChI=1S/C8H11N3S/c1-3-4-5-6-7(9)12-8(10-2)11-6/h3-5H,1,9H2,2H3,(H,10,11)/b5-4-. The summed E-state index contributed by atoms with van der Waals surface area (Å²) < 4.78 is 0. The lowest BCUT2D eigenvalue weighted by atomic mass is 10.4. The summed E-state index contributed by atoms with van der Waals surface area (Å²) in [6.07, 6.45) is 5.34. The highest BCUT2D eigenvalue weighted by molar-refractivity contribution is 7.19. The zero-order chi connectivity index (χ0) is 8.97. The molecule has 12 heavy (non-hydrogen) atoms. The quantitative estimate of drug-likeness (QED) is 0.701. The Morgan fingerprint density at radius 1 is 1.67 bits per heavy atom. The van der Waals surface area contributed by atoms with Crippen molar-refractivity contribution in [3.05, 3.63) is 24.4 Å². The number of hydrogen-bond donors (Lipinski definition) is 2. The predicted octanol–water partition coefficient (Wildman–Crippen LogP) is 1.97. The molecule has 1 aromatic rings. The van der Waals surface area contributed by atoms with Crippen LogP contribution in [0.3, 0.4) is 0 Å². The van der Waals surface area contributed by atoms with Crippen molar-refractivity contribution in [2.24, 2.45) is 0 Å². The van der Waals surface area contributed by atoms with Gasteiger partial charge in [0.05, 0.1) is 5.69 Å². The lowest BCUT2D eigenvalue weighted by molar-refractivity contribution is 1.34. The summed E-state index contributed by atoms with van der Waals surface area (Å²) in [5, 5.41) is 4.48. The number of nitrogen functional groups attached to an aromatic ring is 1. The van der Waals surface area contributed by atoms with Gasteiger partial charge in [-0.05, 0) is 6.08 Å². The Morgan fingerprint density at radius 3 is 2.92 bits per heavy atom. The van der Waals surface area contributed by atoms with Crippen molar-refractivity contribution in [3.63, 3.8) is 0 Å². The van der Waals surface area contributed by atoms with Gasteiger partial charge in [-0.1, -0.05) is 30.1 Å². The Kier molecular flexibility index (Phi) is 2.88. The van der Waals surface area contributed by atoms with Crippen LogP contribution in [0.15, 0.2) is 18.7 Å². The lowest BCUT2D eigenvalue weighted by Gasteiger charge is -1.85. The van der Waals surface area contributed by atoms with E-state index >= 15 is 0 Å². The minimum atomic E-state index is 0.720. The van der Waals surface area contributed by atoms with Gasteiger partial charge in [-0.2, -0.15) is 0 Å². The Balaban J connectivity index is 2.91. The van der Waals surface area contributed by atoms with Gasteiger partial charge in [0.25, 0.3) is 0 Å². The highest BCUT2D eigenvalue weighted by atomic mass is 32.1. The van der Waals surface area contributed by atoms with Crippen LogP contribution in [0.1, 0.15) is 5.69 Å². The van der Waals surface area contributed by atoms with Gasteiger partial charge in [0.2, 0.25) is 0 Å². The maximum absolute atomic E-state index is 5.69. The van der Waals surface area contributed by atoms with Gasteiger partial charge in [0, 0.05) is 7.05 Å². The van der Waals surface area contributed by atoms with Gasteiger partial charge in [0.1, 0.15) is 5.00 Å². The van der Waals surface area contributed by atoms with Gasteiger partial charge < -0.3 is 11.1 Å². The SMILES string of the molecule is C=C/C=C\c1nc(NC)sc1N. The molecular weight excluding hydrogens is 170 g/mol. The van der Waals surface area contributed by atoms with E-state index in [1.165, 1.54) is 11.3 Å². The molecule has 1 heterocycles. The highest BCUT2D eigenvalue weighted by Crippen LogP contribution is 2.25. The number of anilines is 2. The van der Waals surface area contributed by atoms with E-state index in [1.54, 1.807) is 6.08 Å². The van der Waals surface area contributed by atoms with Crippen LogP contribution in [-0.2, 0) is 0 Å². The largest absolute Gasteiger partial charge is 0.389 e. The highest BCUT2D eigenvalue weighted by Gasteiger charge is 2.02. The smallest absolute Gasteiger partial charge is 0.184 e. The first-order chi connectivity index (χ1) is 5.77. The minimum absolute atomic E-state index is 0.720. The molecule has 0 aromatic carbocycles. The molecule has 0 aliphatic carbocycles. The number of rotatable bonds is 3.